The summed E-state index contributed by atoms with van der Waals surface area (Å²) in [5.41, 5.74) is 1.01. The van der Waals surface area contributed by atoms with Gasteiger partial charge in [0.15, 0.2) is 0 Å². The van der Waals surface area contributed by atoms with Gasteiger partial charge in [-0.15, -0.1) is 0 Å². The molecule has 0 saturated heterocycles. The monoisotopic (exact) mass is 298 g/mol. The molecule has 7 nitrogen and oxygen atoms in total. The molecule has 2 rings (SSSR count). The molecule has 0 aliphatic rings. The van der Waals surface area contributed by atoms with Gasteiger partial charge in [0.25, 0.3) is 10.0 Å². The van der Waals surface area contributed by atoms with E-state index in [-0.39, 0.29) is 5.09 Å². The van der Waals surface area contributed by atoms with Crippen molar-refractivity contribution in [3.63, 3.8) is 0 Å². The minimum absolute atomic E-state index is 0.0680. The first-order valence-corrected chi connectivity index (χ1v) is 7.71. The van der Waals surface area contributed by atoms with Gasteiger partial charge >= 0.3 is 0 Å². The molecule has 0 aliphatic carbocycles. The van der Waals surface area contributed by atoms with Crippen molar-refractivity contribution < 1.29 is 12.8 Å². The SMILES string of the molecule is CNS(=O)(=O)c1ccc(CNCCc2ccn(C)n2)o1. The Kier molecular flexibility index (Phi) is 4.58. The average Bonchev–Trinajstić information content (AvgIpc) is 3.04. The fraction of sp³-hybridized carbons (Fsp3) is 0.417. The number of aryl methyl sites for hydroxylation is 1. The highest BCUT2D eigenvalue weighted by Gasteiger charge is 2.15. The maximum atomic E-state index is 11.5. The van der Waals surface area contributed by atoms with Crippen LogP contribution in [0.3, 0.4) is 0 Å². The fourth-order valence-corrected chi connectivity index (χ4v) is 2.39. The summed E-state index contributed by atoms with van der Waals surface area (Å²) < 4.78 is 32.2. The summed E-state index contributed by atoms with van der Waals surface area (Å²) in [6, 6.07) is 5.06. The number of furan rings is 1. The van der Waals surface area contributed by atoms with Gasteiger partial charge in [0, 0.05) is 26.2 Å². The Hall–Kier alpha value is -1.64. The molecule has 0 spiro atoms. The van der Waals surface area contributed by atoms with Crippen LogP contribution in [0.2, 0.25) is 0 Å². The first-order valence-electron chi connectivity index (χ1n) is 6.23. The summed E-state index contributed by atoms with van der Waals surface area (Å²) in [7, 11) is -0.277. The zero-order valence-electron chi connectivity index (χ0n) is 11.5. The summed E-state index contributed by atoms with van der Waals surface area (Å²) in [4.78, 5) is 0. The van der Waals surface area contributed by atoms with Crippen LogP contribution in [0.1, 0.15) is 11.5 Å². The summed E-state index contributed by atoms with van der Waals surface area (Å²) in [6.45, 7) is 1.22. The second-order valence-corrected chi connectivity index (χ2v) is 6.15. The predicted molar refractivity (Wildman–Crippen MR) is 73.6 cm³/mol. The smallest absolute Gasteiger partial charge is 0.273 e. The quantitative estimate of drug-likeness (QED) is 0.715. The van der Waals surface area contributed by atoms with Gasteiger partial charge in [-0.2, -0.15) is 5.10 Å². The van der Waals surface area contributed by atoms with Crippen LogP contribution in [0.4, 0.5) is 0 Å². The molecule has 2 heterocycles. The van der Waals surface area contributed by atoms with Crippen molar-refractivity contribution in [3.8, 4) is 0 Å². The molecule has 2 aromatic heterocycles. The molecular weight excluding hydrogens is 280 g/mol. The summed E-state index contributed by atoms with van der Waals surface area (Å²) in [5, 5.41) is 7.38. The number of hydrogen-bond donors (Lipinski definition) is 2. The van der Waals surface area contributed by atoms with Gasteiger partial charge in [-0.3, -0.25) is 4.68 Å². The Balaban J connectivity index is 1.80. The van der Waals surface area contributed by atoms with Crippen LogP contribution in [0.25, 0.3) is 0 Å². The molecule has 0 fully saturated rings. The highest BCUT2D eigenvalue weighted by Crippen LogP contribution is 2.13. The molecule has 20 heavy (non-hydrogen) atoms. The van der Waals surface area contributed by atoms with Crippen LogP contribution in [0.15, 0.2) is 33.9 Å². The largest absolute Gasteiger partial charge is 0.447 e. The number of rotatable bonds is 7. The summed E-state index contributed by atoms with van der Waals surface area (Å²) >= 11 is 0. The maximum Gasteiger partial charge on any atom is 0.273 e. The molecule has 0 amide bonds. The first kappa shape index (κ1) is 14.8. The molecule has 8 heteroatoms. The van der Waals surface area contributed by atoms with Crippen molar-refractivity contribution in [2.45, 2.75) is 18.1 Å². The molecule has 110 valence electrons. The predicted octanol–water partition coefficient (Wildman–Crippen LogP) is 0.253. The number of nitrogens with zero attached hydrogens (tertiary/aromatic N) is 2. The van der Waals surface area contributed by atoms with Gasteiger partial charge in [0.05, 0.1) is 12.2 Å². The van der Waals surface area contributed by atoms with Crippen molar-refractivity contribution in [1.82, 2.24) is 19.8 Å². The Bertz CT molecular complexity index is 660. The molecule has 0 aromatic carbocycles. The van der Waals surface area contributed by atoms with Crippen molar-refractivity contribution in [3.05, 3.63) is 35.9 Å². The highest BCUT2D eigenvalue weighted by atomic mass is 32.2. The second kappa shape index (κ2) is 6.21. The fourth-order valence-electron chi connectivity index (χ4n) is 1.72. The lowest BCUT2D eigenvalue weighted by molar-refractivity contribution is 0.401. The lowest BCUT2D eigenvalue weighted by atomic mass is 10.3. The van der Waals surface area contributed by atoms with E-state index in [1.807, 2.05) is 19.3 Å². The Morgan fingerprint density at radius 3 is 2.80 bits per heavy atom. The van der Waals surface area contributed by atoms with Crippen LogP contribution < -0.4 is 10.0 Å². The summed E-state index contributed by atoms with van der Waals surface area (Å²) in [6.07, 6.45) is 2.71. The Labute approximate surface area is 118 Å². The van der Waals surface area contributed by atoms with E-state index < -0.39 is 10.0 Å². The Morgan fingerprint density at radius 2 is 2.15 bits per heavy atom. The van der Waals surface area contributed by atoms with Gasteiger partial charge in [-0.1, -0.05) is 0 Å². The third kappa shape index (κ3) is 3.69. The van der Waals surface area contributed by atoms with Crippen LogP contribution in [-0.2, 0) is 30.0 Å². The van der Waals surface area contributed by atoms with Crippen molar-refractivity contribution >= 4 is 10.0 Å². The van der Waals surface area contributed by atoms with Gasteiger partial charge in [0.2, 0.25) is 5.09 Å². The zero-order chi connectivity index (χ0) is 14.6. The zero-order valence-corrected chi connectivity index (χ0v) is 12.3. The molecule has 0 bridgehead atoms. The molecular formula is C12H18N4O3S. The lowest BCUT2D eigenvalue weighted by Crippen LogP contribution is -2.18. The van der Waals surface area contributed by atoms with Gasteiger partial charge in [-0.25, -0.2) is 13.1 Å². The molecule has 0 aliphatic heterocycles. The van der Waals surface area contributed by atoms with E-state index >= 15 is 0 Å². The van der Waals surface area contributed by atoms with E-state index in [1.165, 1.54) is 13.1 Å². The molecule has 0 atom stereocenters. The van der Waals surface area contributed by atoms with Crippen LogP contribution in [0, 0.1) is 0 Å². The third-order valence-electron chi connectivity index (χ3n) is 2.80. The molecule has 0 unspecified atom stereocenters. The molecule has 0 radical (unpaired) electrons. The van der Waals surface area contributed by atoms with E-state index in [9.17, 15) is 8.42 Å². The minimum atomic E-state index is -3.51. The van der Waals surface area contributed by atoms with Crippen molar-refractivity contribution in [2.24, 2.45) is 7.05 Å². The van der Waals surface area contributed by atoms with E-state index in [2.05, 4.69) is 15.1 Å². The number of nitrogens with one attached hydrogen (secondary N) is 2. The molecule has 0 saturated carbocycles. The topological polar surface area (TPSA) is 89.2 Å². The third-order valence-corrected chi connectivity index (χ3v) is 4.08. The van der Waals surface area contributed by atoms with Gasteiger partial charge in [0.1, 0.15) is 5.76 Å². The first-order chi connectivity index (χ1) is 9.51. The summed E-state index contributed by atoms with van der Waals surface area (Å²) in [5.74, 6) is 0.583. The molecule has 2 aromatic rings. The van der Waals surface area contributed by atoms with E-state index in [4.69, 9.17) is 4.42 Å². The normalized spacial score (nSPS) is 11.9. The van der Waals surface area contributed by atoms with E-state index in [0.29, 0.717) is 12.3 Å². The average molecular weight is 298 g/mol. The number of sulfonamides is 1. The number of aromatic nitrogens is 2. The highest BCUT2D eigenvalue weighted by molar-refractivity contribution is 7.89. The van der Waals surface area contributed by atoms with Crippen molar-refractivity contribution in [2.75, 3.05) is 13.6 Å². The number of hydrogen-bond acceptors (Lipinski definition) is 5. The Morgan fingerprint density at radius 1 is 1.35 bits per heavy atom. The van der Waals surface area contributed by atoms with E-state index in [1.54, 1.807) is 10.7 Å². The second-order valence-electron chi connectivity index (χ2n) is 4.34. The standard InChI is InChI=1S/C12H18N4O3S/c1-13-20(17,18)12-4-3-11(19-12)9-14-7-5-10-6-8-16(2)15-10/h3-4,6,8,13-14H,5,7,9H2,1-2H3. The lowest BCUT2D eigenvalue weighted by Gasteiger charge is -2.01. The van der Waals surface area contributed by atoms with Gasteiger partial charge in [-0.05, 0) is 25.2 Å². The maximum absolute atomic E-state index is 11.5. The minimum Gasteiger partial charge on any atom is -0.447 e. The van der Waals surface area contributed by atoms with Crippen LogP contribution in [-0.4, -0.2) is 31.8 Å². The van der Waals surface area contributed by atoms with Gasteiger partial charge < -0.3 is 9.73 Å². The van der Waals surface area contributed by atoms with E-state index in [0.717, 1.165) is 18.7 Å². The molecule has 2 N–H and O–H groups in total. The van der Waals surface area contributed by atoms with Crippen LogP contribution >= 0.6 is 0 Å². The van der Waals surface area contributed by atoms with Crippen LogP contribution in [0.5, 0.6) is 0 Å². The van der Waals surface area contributed by atoms with Crippen molar-refractivity contribution in [1.29, 1.82) is 0 Å².